The number of benzene rings is 1. The summed E-state index contributed by atoms with van der Waals surface area (Å²) in [6.07, 6.45) is -0.347. The van der Waals surface area contributed by atoms with Crippen molar-refractivity contribution in [1.82, 2.24) is 24.5 Å². The van der Waals surface area contributed by atoms with Crippen molar-refractivity contribution in [2.24, 2.45) is 7.05 Å². The number of methoxy groups -OCH3 is 1. The summed E-state index contributed by atoms with van der Waals surface area (Å²) in [5.41, 5.74) is -0.462. The summed E-state index contributed by atoms with van der Waals surface area (Å²) in [7, 11) is -1.15. The van der Waals surface area contributed by atoms with Gasteiger partial charge in [0.15, 0.2) is 10.7 Å². The Labute approximate surface area is 174 Å². The maximum atomic E-state index is 13.1. The van der Waals surface area contributed by atoms with E-state index in [2.05, 4.69) is 19.9 Å². The first kappa shape index (κ1) is 20.7. The molecule has 0 unspecified atom stereocenters. The van der Waals surface area contributed by atoms with Crippen LogP contribution in [0.2, 0.25) is 0 Å². The highest BCUT2D eigenvalue weighted by atomic mass is 32.2. The number of hydrogen-bond donors (Lipinski definition) is 1. The van der Waals surface area contributed by atoms with E-state index in [1.807, 2.05) is 0 Å². The number of pyridine rings is 1. The van der Waals surface area contributed by atoms with Crippen molar-refractivity contribution in [2.75, 3.05) is 11.8 Å². The van der Waals surface area contributed by atoms with Gasteiger partial charge in [-0.3, -0.25) is 9.40 Å². The predicted molar refractivity (Wildman–Crippen MR) is 104 cm³/mol. The van der Waals surface area contributed by atoms with Crippen LogP contribution in [-0.2, 0) is 23.2 Å². The van der Waals surface area contributed by atoms with Crippen molar-refractivity contribution < 1.29 is 26.3 Å². The number of hydrogen-bond acceptors (Lipinski definition) is 6. The number of nitrogens with one attached hydrogen (secondary N) is 1. The number of aryl methyl sites for hydroxylation is 1. The molecule has 0 radical (unpaired) electrons. The molecule has 31 heavy (non-hydrogen) atoms. The quantitative estimate of drug-likeness (QED) is 0.499. The van der Waals surface area contributed by atoms with E-state index in [0.717, 1.165) is 10.9 Å². The van der Waals surface area contributed by atoms with Gasteiger partial charge in [0.25, 0.3) is 10.0 Å². The Morgan fingerprint density at radius 1 is 1.06 bits per heavy atom. The van der Waals surface area contributed by atoms with Gasteiger partial charge in [-0.25, -0.2) is 18.1 Å². The average Bonchev–Trinajstić information content (AvgIpc) is 3.35. The van der Waals surface area contributed by atoms with Crippen molar-refractivity contribution in [1.29, 1.82) is 0 Å². The molecule has 9 nitrogen and oxygen atoms in total. The van der Waals surface area contributed by atoms with Crippen molar-refractivity contribution in [2.45, 2.75) is 11.1 Å². The molecule has 162 valence electrons. The number of halogens is 3. The molecule has 0 atom stereocenters. The lowest BCUT2D eigenvalue weighted by Gasteiger charge is -2.13. The highest BCUT2D eigenvalue weighted by Crippen LogP contribution is 2.33. The van der Waals surface area contributed by atoms with Crippen molar-refractivity contribution >= 4 is 26.6 Å². The molecule has 1 aromatic carbocycles. The zero-order valence-electron chi connectivity index (χ0n) is 16.1. The monoisotopic (exact) mass is 452 g/mol. The van der Waals surface area contributed by atoms with E-state index in [1.54, 1.807) is 13.1 Å². The Balaban J connectivity index is 1.66. The highest BCUT2D eigenvalue weighted by molar-refractivity contribution is 7.93. The van der Waals surface area contributed by atoms with Gasteiger partial charge < -0.3 is 4.74 Å². The Bertz CT molecular complexity index is 1360. The van der Waals surface area contributed by atoms with E-state index in [4.69, 9.17) is 4.74 Å². The fourth-order valence-electron chi connectivity index (χ4n) is 3.02. The van der Waals surface area contributed by atoms with Gasteiger partial charge in [-0.05, 0) is 24.3 Å². The van der Waals surface area contributed by atoms with E-state index in [1.165, 1.54) is 42.4 Å². The van der Waals surface area contributed by atoms with Crippen molar-refractivity contribution in [3.05, 3.63) is 54.6 Å². The summed E-state index contributed by atoms with van der Waals surface area (Å²) in [4.78, 5) is 3.89. The van der Waals surface area contributed by atoms with Crippen LogP contribution in [0, 0.1) is 0 Å². The highest BCUT2D eigenvalue weighted by Gasteiger charge is 2.32. The van der Waals surface area contributed by atoms with Crippen LogP contribution in [0.1, 0.15) is 5.56 Å². The average molecular weight is 452 g/mol. The van der Waals surface area contributed by atoms with Gasteiger partial charge in [-0.2, -0.15) is 23.4 Å². The molecule has 4 aromatic rings. The molecule has 0 spiro atoms. The number of alkyl halides is 3. The minimum absolute atomic E-state index is 0.0877. The van der Waals surface area contributed by atoms with Gasteiger partial charge in [-0.15, -0.1) is 0 Å². The minimum atomic E-state index is -4.53. The Morgan fingerprint density at radius 3 is 2.45 bits per heavy atom. The second-order valence-corrected chi connectivity index (χ2v) is 8.10. The molecule has 0 amide bonds. The first-order valence-electron chi connectivity index (χ1n) is 8.70. The topological polar surface area (TPSA) is 104 Å². The first-order chi connectivity index (χ1) is 14.6. The molecule has 3 heterocycles. The van der Waals surface area contributed by atoms with E-state index in [0.29, 0.717) is 17.1 Å². The van der Waals surface area contributed by atoms with E-state index >= 15 is 0 Å². The SMILES string of the molecule is COc1ccc2cnn(C)c2c1S(=O)(=O)Nc1ccc(-n2cc(C(F)(F)F)cn2)nc1. The van der Waals surface area contributed by atoms with Crippen LogP contribution in [-0.4, -0.2) is 40.1 Å². The second-order valence-electron chi connectivity index (χ2n) is 6.48. The zero-order chi connectivity index (χ0) is 22.4. The number of rotatable bonds is 5. The zero-order valence-corrected chi connectivity index (χ0v) is 16.9. The maximum absolute atomic E-state index is 13.1. The standard InChI is InChI=1S/C18H15F3N6O3S/c1-26-16-11(7-23-26)3-5-14(30-2)17(16)31(28,29)25-13-4-6-15(22-9-13)27-10-12(8-24-27)18(19,20)21/h3-10,25H,1-2H3. The molecule has 1 N–H and O–H groups in total. The Morgan fingerprint density at radius 2 is 1.84 bits per heavy atom. The summed E-state index contributed by atoms with van der Waals surface area (Å²) in [5, 5.41) is 8.33. The number of sulfonamides is 1. The third-order valence-electron chi connectivity index (χ3n) is 4.45. The van der Waals surface area contributed by atoms with Gasteiger partial charge in [0.1, 0.15) is 5.75 Å². The summed E-state index contributed by atoms with van der Waals surface area (Å²) in [6.45, 7) is 0. The molecule has 0 saturated carbocycles. The Kier molecular flexibility index (Phi) is 4.84. The molecular weight excluding hydrogens is 437 g/mol. The molecule has 3 aromatic heterocycles. The fraction of sp³-hybridized carbons (Fsp3) is 0.167. The molecule has 0 aliphatic heterocycles. The number of fused-ring (bicyclic) bond motifs is 1. The number of ether oxygens (including phenoxy) is 1. The lowest BCUT2D eigenvalue weighted by atomic mass is 10.2. The minimum Gasteiger partial charge on any atom is -0.495 e. The molecule has 13 heteroatoms. The van der Waals surface area contributed by atoms with Crippen LogP contribution in [0.15, 0.2) is 53.9 Å². The van der Waals surface area contributed by atoms with Crippen LogP contribution >= 0.6 is 0 Å². The number of nitrogens with zero attached hydrogens (tertiary/aromatic N) is 5. The van der Waals surface area contributed by atoms with E-state index in [9.17, 15) is 21.6 Å². The smallest absolute Gasteiger partial charge is 0.419 e. The van der Waals surface area contributed by atoms with Crippen LogP contribution in [0.3, 0.4) is 0 Å². The molecule has 0 aliphatic rings. The lowest BCUT2D eigenvalue weighted by molar-refractivity contribution is -0.137. The van der Waals surface area contributed by atoms with Crippen LogP contribution in [0.4, 0.5) is 18.9 Å². The van der Waals surface area contributed by atoms with Crippen LogP contribution < -0.4 is 9.46 Å². The number of aromatic nitrogens is 5. The van der Waals surface area contributed by atoms with Crippen LogP contribution in [0.25, 0.3) is 16.7 Å². The van der Waals surface area contributed by atoms with Gasteiger partial charge in [0.2, 0.25) is 0 Å². The van der Waals surface area contributed by atoms with E-state index in [-0.39, 0.29) is 22.2 Å². The third-order valence-corrected chi connectivity index (χ3v) is 5.89. The number of anilines is 1. The largest absolute Gasteiger partial charge is 0.495 e. The Hall–Kier alpha value is -3.61. The fourth-order valence-corrected chi connectivity index (χ4v) is 4.47. The molecule has 4 rings (SSSR count). The first-order valence-corrected chi connectivity index (χ1v) is 10.2. The summed E-state index contributed by atoms with van der Waals surface area (Å²) in [6, 6.07) is 5.92. The maximum Gasteiger partial charge on any atom is 0.419 e. The molecule has 0 fully saturated rings. The third kappa shape index (κ3) is 3.79. The normalized spacial score (nSPS) is 12.3. The van der Waals surface area contributed by atoms with Gasteiger partial charge in [0, 0.05) is 18.6 Å². The predicted octanol–water partition coefficient (Wildman–Crippen LogP) is 2.98. The van der Waals surface area contributed by atoms with E-state index < -0.39 is 21.8 Å². The van der Waals surface area contributed by atoms with Crippen LogP contribution in [0.5, 0.6) is 5.75 Å². The van der Waals surface area contributed by atoms with Crippen molar-refractivity contribution in [3.8, 4) is 11.6 Å². The summed E-state index contributed by atoms with van der Waals surface area (Å²) < 4.78 is 74.4. The van der Waals surface area contributed by atoms with Gasteiger partial charge in [-0.1, -0.05) is 0 Å². The summed E-state index contributed by atoms with van der Waals surface area (Å²) >= 11 is 0. The van der Waals surface area contributed by atoms with Crippen molar-refractivity contribution in [3.63, 3.8) is 0 Å². The van der Waals surface area contributed by atoms with Gasteiger partial charge >= 0.3 is 6.18 Å². The van der Waals surface area contributed by atoms with Gasteiger partial charge in [0.05, 0.1) is 42.5 Å². The molecule has 0 aliphatic carbocycles. The summed E-state index contributed by atoms with van der Waals surface area (Å²) in [5.74, 6) is 0.217. The molecule has 0 saturated heterocycles. The molecular formula is C18H15F3N6O3S. The lowest BCUT2D eigenvalue weighted by Crippen LogP contribution is -2.16. The second kappa shape index (κ2) is 7.27. The molecule has 0 bridgehead atoms.